The lowest BCUT2D eigenvalue weighted by atomic mass is 10.2. The lowest BCUT2D eigenvalue weighted by Crippen LogP contribution is -2.17. The summed E-state index contributed by atoms with van der Waals surface area (Å²) in [6, 6.07) is 18.5. The predicted molar refractivity (Wildman–Crippen MR) is 82.9 cm³/mol. The van der Waals surface area contributed by atoms with Crippen LogP contribution in [0.15, 0.2) is 71.0 Å². The minimum Gasteiger partial charge on any atom is -0.465 e. The molecule has 0 heterocycles. The van der Waals surface area contributed by atoms with Gasteiger partial charge in [0.25, 0.3) is 0 Å². The number of nitrogens with one attached hydrogen (secondary N) is 1. The molecule has 120 valence electrons. The second kappa shape index (κ2) is 10.3. The Balaban J connectivity index is 0.000000593. The van der Waals surface area contributed by atoms with E-state index in [0.717, 1.165) is 5.56 Å². The Morgan fingerprint density at radius 2 is 1.57 bits per heavy atom. The molecule has 0 aromatic heterocycles. The van der Waals surface area contributed by atoms with Crippen molar-refractivity contribution in [3.8, 4) is 0 Å². The van der Waals surface area contributed by atoms with Gasteiger partial charge >= 0.3 is 12.2 Å². The number of hydrogen-bond acceptors (Lipinski definition) is 5. The molecule has 0 unspecified atom stereocenters. The zero-order valence-corrected chi connectivity index (χ0v) is 12.1. The largest absolute Gasteiger partial charge is 0.465 e. The average Bonchev–Trinajstić information content (AvgIpc) is 2.54. The number of carbonyl (C=O) groups is 2. The molecule has 8 nitrogen and oxygen atoms in total. The van der Waals surface area contributed by atoms with E-state index in [1.807, 2.05) is 48.5 Å². The minimum atomic E-state index is -1.33. The highest BCUT2D eigenvalue weighted by molar-refractivity contribution is 5.66. The Morgan fingerprint density at radius 3 is 2.13 bits per heavy atom. The summed E-state index contributed by atoms with van der Waals surface area (Å²) < 4.78 is 4.96. The first-order valence-electron chi connectivity index (χ1n) is 6.49. The number of amides is 2. The molecule has 0 radical (unpaired) electrons. The van der Waals surface area contributed by atoms with E-state index in [9.17, 15) is 4.79 Å². The minimum absolute atomic E-state index is 0.202. The SMILES string of the molecule is NC(=O)O.O=C(NN=Nc1ccccc1)OCc1ccccc1. The Hall–Kier alpha value is -3.42. The summed E-state index contributed by atoms with van der Waals surface area (Å²) in [5, 5.41) is 14.6. The molecular weight excluding hydrogens is 300 g/mol. The summed E-state index contributed by atoms with van der Waals surface area (Å²) in [6.45, 7) is 0.202. The van der Waals surface area contributed by atoms with E-state index in [2.05, 4.69) is 21.5 Å². The van der Waals surface area contributed by atoms with E-state index >= 15 is 0 Å². The highest BCUT2D eigenvalue weighted by Crippen LogP contribution is 2.09. The number of carboxylic acid groups (broad SMARTS) is 1. The van der Waals surface area contributed by atoms with Crippen LogP contribution >= 0.6 is 0 Å². The molecular formula is C15H16N4O4. The van der Waals surface area contributed by atoms with Crippen molar-refractivity contribution < 1.29 is 19.4 Å². The highest BCUT2D eigenvalue weighted by Gasteiger charge is 2.00. The average molecular weight is 316 g/mol. The van der Waals surface area contributed by atoms with Crippen molar-refractivity contribution in [1.29, 1.82) is 0 Å². The van der Waals surface area contributed by atoms with E-state index in [-0.39, 0.29) is 6.61 Å². The van der Waals surface area contributed by atoms with Gasteiger partial charge in [0.15, 0.2) is 0 Å². The van der Waals surface area contributed by atoms with Gasteiger partial charge < -0.3 is 15.6 Å². The van der Waals surface area contributed by atoms with Gasteiger partial charge in [-0.05, 0) is 17.7 Å². The number of benzene rings is 2. The van der Waals surface area contributed by atoms with Crippen molar-refractivity contribution in [2.45, 2.75) is 6.61 Å². The molecule has 23 heavy (non-hydrogen) atoms. The second-order valence-corrected chi connectivity index (χ2v) is 4.05. The molecule has 4 N–H and O–H groups in total. The fourth-order valence-electron chi connectivity index (χ4n) is 1.37. The van der Waals surface area contributed by atoms with Crippen molar-refractivity contribution in [3.63, 3.8) is 0 Å². The van der Waals surface area contributed by atoms with Gasteiger partial charge in [-0.1, -0.05) is 53.8 Å². The first kappa shape index (κ1) is 17.6. The van der Waals surface area contributed by atoms with Gasteiger partial charge in [0, 0.05) is 0 Å². The Morgan fingerprint density at radius 1 is 1.04 bits per heavy atom. The zero-order valence-electron chi connectivity index (χ0n) is 12.1. The van der Waals surface area contributed by atoms with Crippen LogP contribution < -0.4 is 11.2 Å². The van der Waals surface area contributed by atoms with Crippen LogP contribution in [0.2, 0.25) is 0 Å². The maximum absolute atomic E-state index is 11.3. The third-order valence-electron chi connectivity index (χ3n) is 2.28. The van der Waals surface area contributed by atoms with Crippen molar-refractivity contribution in [1.82, 2.24) is 5.43 Å². The summed E-state index contributed by atoms with van der Waals surface area (Å²) >= 11 is 0. The Bertz CT molecular complexity index is 628. The maximum atomic E-state index is 11.3. The molecule has 2 rings (SSSR count). The molecule has 0 spiro atoms. The molecule has 0 aliphatic rings. The Kier molecular flexibility index (Phi) is 7.92. The van der Waals surface area contributed by atoms with Gasteiger partial charge in [0.1, 0.15) is 6.61 Å². The lowest BCUT2D eigenvalue weighted by Gasteiger charge is -2.02. The summed E-state index contributed by atoms with van der Waals surface area (Å²) in [7, 11) is 0. The normalized spacial score (nSPS) is 9.57. The third kappa shape index (κ3) is 9.19. The number of nitrogens with zero attached hydrogens (tertiary/aromatic N) is 2. The van der Waals surface area contributed by atoms with Crippen molar-refractivity contribution in [2.24, 2.45) is 16.1 Å². The van der Waals surface area contributed by atoms with Gasteiger partial charge in [-0.15, -0.1) is 5.11 Å². The van der Waals surface area contributed by atoms with Crippen molar-refractivity contribution in [2.75, 3.05) is 0 Å². The maximum Gasteiger partial charge on any atom is 0.429 e. The molecule has 2 amide bonds. The second-order valence-electron chi connectivity index (χ2n) is 4.05. The summed E-state index contributed by atoms with van der Waals surface area (Å²) in [5.41, 5.74) is 7.80. The number of rotatable bonds is 4. The first-order valence-corrected chi connectivity index (χ1v) is 6.49. The smallest absolute Gasteiger partial charge is 0.429 e. The highest BCUT2D eigenvalue weighted by atomic mass is 16.6. The van der Waals surface area contributed by atoms with E-state index < -0.39 is 12.2 Å². The zero-order chi connectivity index (χ0) is 16.9. The number of hydrogen-bond donors (Lipinski definition) is 3. The Labute approximate surface area is 132 Å². The molecule has 8 heteroatoms. The summed E-state index contributed by atoms with van der Waals surface area (Å²) in [6.07, 6.45) is -1.97. The van der Waals surface area contributed by atoms with Crippen LogP contribution in [0.5, 0.6) is 0 Å². The molecule has 0 aliphatic carbocycles. The molecule has 0 saturated carbocycles. The monoisotopic (exact) mass is 316 g/mol. The van der Waals surface area contributed by atoms with Gasteiger partial charge in [-0.2, -0.15) is 5.43 Å². The van der Waals surface area contributed by atoms with Crippen molar-refractivity contribution >= 4 is 17.9 Å². The van der Waals surface area contributed by atoms with Crippen molar-refractivity contribution in [3.05, 3.63) is 66.2 Å². The van der Waals surface area contributed by atoms with Crippen LogP contribution in [0.25, 0.3) is 0 Å². The van der Waals surface area contributed by atoms with Gasteiger partial charge in [-0.3, -0.25) is 0 Å². The van der Waals surface area contributed by atoms with E-state index in [4.69, 9.17) is 14.6 Å². The van der Waals surface area contributed by atoms with Crippen LogP contribution in [0, 0.1) is 0 Å². The number of ether oxygens (including phenoxy) is 1. The lowest BCUT2D eigenvalue weighted by molar-refractivity contribution is 0.139. The number of nitrogens with two attached hydrogens (primary N) is 1. The first-order chi connectivity index (χ1) is 11.1. The topological polar surface area (TPSA) is 126 Å². The molecule has 0 aliphatic heterocycles. The third-order valence-corrected chi connectivity index (χ3v) is 2.28. The fourth-order valence-corrected chi connectivity index (χ4v) is 1.37. The quantitative estimate of drug-likeness (QED) is 0.591. The molecule has 0 fully saturated rings. The van der Waals surface area contributed by atoms with Crippen LogP contribution in [0.3, 0.4) is 0 Å². The van der Waals surface area contributed by atoms with Crippen LogP contribution in [0.1, 0.15) is 5.56 Å². The summed E-state index contributed by atoms with van der Waals surface area (Å²) in [5.74, 6) is 0. The van der Waals surface area contributed by atoms with E-state index in [1.165, 1.54) is 0 Å². The van der Waals surface area contributed by atoms with Gasteiger partial charge in [0.05, 0.1) is 5.69 Å². The summed E-state index contributed by atoms with van der Waals surface area (Å²) in [4.78, 5) is 20.1. The van der Waals surface area contributed by atoms with Crippen LogP contribution in [-0.2, 0) is 11.3 Å². The number of primary amides is 1. The predicted octanol–water partition coefficient (Wildman–Crippen LogP) is 3.23. The van der Waals surface area contributed by atoms with Crippen LogP contribution in [-0.4, -0.2) is 17.3 Å². The van der Waals surface area contributed by atoms with Gasteiger partial charge in [0.2, 0.25) is 0 Å². The molecule has 0 saturated heterocycles. The standard InChI is InChI=1S/C14H13N3O2.CH3NO2/c18-14(19-11-12-7-3-1-4-8-12)16-17-15-13-9-5-2-6-10-13;2-1(3)4/h1-10H,11H2,(H,15,16,18);2H2,(H,3,4). The van der Waals surface area contributed by atoms with E-state index in [1.54, 1.807) is 12.1 Å². The van der Waals surface area contributed by atoms with E-state index in [0.29, 0.717) is 5.69 Å². The molecule has 0 atom stereocenters. The molecule has 0 bridgehead atoms. The number of carbonyl (C=O) groups excluding carboxylic acids is 1. The van der Waals surface area contributed by atoms with Crippen LogP contribution in [0.4, 0.5) is 15.3 Å². The molecule has 2 aromatic carbocycles. The van der Waals surface area contributed by atoms with Gasteiger partial charge in [-0.25, -0.2) is 9.59 Å². The fraction of sp³-hybridized carbons (Fsp3) is 0.0667. The molecule has 2 aromatic rings.